The number of hydrogen-bond donors (Lipinski definition) is 0. The predicted octanol–water partition coefficient (Wildman–Crippen LogP) is 4.86. The van der Waals surface area contributed by atoms with Crippen molar-refractivity contribution in [3.05, 3.63) is 12.2 Å². The van der Waals surface area contributed by atoms with Crippen LogP contribution in [-0.4, -0.2) is 13.2 Å². The number of ether oxygens (including phenoxy) is 1. The molecule has 1 saturated carbocycles. The molecule has 1 fully saturated rings. The van der Waals surface area contributed by atoms with Crippen LogP contribution < -0.4 is 0 Å². The van der Waals surface area contributed by atoms with E-state index in [0.717, 1.165) is 0 Å². The zero-order valence-electron chi connectivity index (χ0n) is 11.0. The Bertz CT molecular complexity index is 186. The lowest BCUT2D eigenvalue weighted by Gasteiger charge is -2.17. The Hall–Kier alpha value is -0.300. The van der Waals surface area contributed by atoms with Crippen LogP contribution in [0.1, 0.15) is 70.6 Å². The monoisotopic (exact) mass is 224 g/mol. The molecule has 1 nitrogen and oxygen atoms in total. The molecular weight excluding hydrogens is 196 g/mol. The number of rotatable bonds is 1. The molecule has 0 radical (unpaired) electrons. The van der Waals surface area contributed by atoms with E-state index in [9.17, 15) is 0 Å². The molecule has 0 N–H and O–H groups in total. The highest BCUT2D eigenvalue weighted by Gasteiger charge is 2.11. The van der Waals surface area contributed by atoms with Gasteiger partial charge in [0.05, 0.1) is 6.10 Å². The fourth-order valence-corrected chi connectivity index (χ4v) is 2.57. The zero-order valence-corrected chi connectivity index (χ0v) is 11.0. The van der Waals surface area contributed by atoms with Gasteiger partial charge in [0.1, 0.15) is 0 Å². The third-order valence-electron chi connectivity index (χ3n) is 3.70. The van der Waals surface area contributed by atoms with Gasteiger partial charge in [-0.25, -0.2) is 0 Å². The summed E-state index contributed by atoms with van der Waals surface area (Å²) in [6.07, 6.45) is 15.1. The Balaban J connectivity index is 2.34. The van der Waals surface area contributed by atoms with Crippen molar-refractivity contribution >= 4 is 0 Å². The van der Waals surface area contributed by atoms with Crippen molar-refractivity contribution in [2.75, 3.05) is 7.11 Å². The van der Waals surface area contributed by atoms with Gasteiger partial charge in [0.2, 0.25) is 0 Å². The maximum absolute atomic E-state index is 5.54. The molecule has 0 amide bonds. The molecule has 1 heteroatoms. The highest BCUT2D eigenvalue weighted by atomic mass is 16.5. The molecule has 0 aromatic carbocycles. The van der Waals surface area contributed by atoms with Crippen molar-refractivity contribution in [3.8, 4) is 0 Å². The second kappa shape index (κ2) is 8.81. The van der Waals surface area contributed by atoms with Crippen molar-refractivity contribution in [1.82, 2.24) is 0 Å². The van der Waals surface area contributed by atoms with Gasteiger partial charge in [-0.2, -0.15) is 0 Å². The van der Waals surface area contributed by atoms with Crippen LogP contribution in [0.15, 0.2) is 12.2 Å². The SMILES string of the molecule is C=C1CCCCCCCCCCCC1OC. The van der Waals surface area contributed by atoms with Crippen LogP contribution >= 0.6 is 0 Å². The molecule has 0 aromatic heterocycles. The lowest BCUT2D eigenvalue weighted by Crippen LogP contribution is -2.13. The normalized spacial score (nSPS) is 26.6. The summed E-state index contributed by atoms with van der Waals surface area (Å²) in [6.45, 7) is 4.19. The van der Waals surface area contributed by atoms with Crippen molar-refractivity contribution in [2.24, 2.45) is 0 Å². The van der Waals surface area contributed by atoms with Crippen LogP contribution in [0, 0.1) is 0 Å². The summed E-state index contributed by atoms with van der Waals surface area (Å²) >= 11 is 0. The largest absolute Gasteiger partial charge is 0.377 e. The molecule has 0 bridgehead atoms. The molecular formula is C15H28O. The molecule has 16 heavy (non-hydrogen) atoms. The minimum absolute atomic E-state index is 0.320. The van der Waals surface area contributed by atoms with E-state index in [0.29, 0.717) is 6.10 Å². The van der Waals surface area contributed by atoms with Crippen molar-refractivity contribution in [3.63, 3.8) is 0 Å². The van der Waals surface area contributed by atoms with Gasteiger partial charge >= 0.3 is 0 Å². The smallest absolute Gasteiger partial charge is 0.0778 e. The predicted molar refractivity (Wildman–Crippen MR) is 70.7 cm³/mol. The second-order valence-electron chi connectivity index (χ2n) is 5.10. The zero-order chi connectivity index (χ0) is 11.6. The minimum atomic E-state index is 0.320. The van der Waals surface area contributed by atoms with Crippen LogP contribution in [-0.2, 0) is 4.74 Å². The summed E-state index contributed by atoms with van der Waals surface area (Å²) < 4.78 is 5.54. The molecule has 0 aliphatic heterocycles. The van der Waals surface area contributed by atoms with Gasteiger partial charge in [-0.05, 0) is 24.8 Å². The molecule has 0 spiro atoms. The van der Waals surface area contributed by atoms with Gasteiger partial charge in [-0.15, -0.1) is 0 Å². The highest BCUT2D eigenvalue weighted by molar-refractivity contribution is 5.02. The van der Waals surface area contributed by atoms with Gasteiger partial charge in [0.15, 0.2) is 0 Å². The summed E-state index contributed by atoms with van der Waals surface area (Å²) in [5, 5.41) is 0. The maximum Gasteiger partial charge on any atom is 0.0778 e. The van der Waals surface area contributed by atoms with Crippen molar-refractivity contribution in [1.29, 1.82) is 0 Å². The van der Waals surface area contributed by atoms with E-state index in [4.69, 9.17) is 4.74 Å². The van der Waals surface area contributed by atoms with Crippen LogP contribution in [0.4, 0.5) is 0 Å². The first-order valence-electron chi connectivity index (χ1n) is 7.05. The number of methoxy groups -OCH3 is 1. The molecule has 0 heterocycles. The fraction of sp³-hybridized carbons (Fsp3) is 0.867. The molecule has 1 aliphatic rings. The summed E-state index contributed by atoms with van der Waals surface area (Å²) in [5.74, 6) is 0. The van der Waals surface area contributed by atoms with Crippen LogP contribution in [0.25, 0.3) is 0 Å². The van der Waals surface area contributed by atoms with Crippen molar-refractivity contribution < 1.29 is 4.74 Å². The summed E-state index contributed by atoms with van der Waals surface area (Å²) in [5.41, 5.74) is 1.32. The minimum Gasteiger partial charge on any atom is -0.377 e. The third kappa shape index (κ3) is 5.69. The average Bonchev–Trinajstić information content (AvgIpc) is 2.31. The Morgan fingerprint density at radius 3 is 1.94 bits per heavy atom. The Morgan fingerprint density at radius 1 is 0.875 bits per heavy atom. The van der Waals surface area contributed by atoms with Gasteiger partial charge in [-0.3, -0.25) is 0 Å². The van der Waals surface area contributed by atoms with E-state index in [1.807, 2.05) is 7.11 Å². The Kier molecular flexibility index (Phi) is 7.58. The first kappa shape index (κ1) is 13.8. The lowest BCUT2D eigenvalue weighted by atomic mass is 9.99. The van der Waals surface area contributed by atoms with Crippen LogP contribution in [0.2, 0.25) is 0 Å². The van der Waals surface area contributed by atoms with Gasteiger partial charge < -0.3 is 4.74 Å². The van der Waals surface area contributed by atoms with Gasteiger partial charge in [-0.1, -0.05) is 57.9 Å². The molecule has 94 valence electrons. The molecule has 1 aliphatic carbocycles. The fourth-order valence-electron chi connectivity index (χ4n) is 2.57. The van der Waals surface area contributed by atoms with Gasteiger partial charge in [0, 0.05) is 7.11 Å². The molecule has 1 atom stereocenters. The molecule has 0 aromatic rings. The van der Waals surface area contributed by atoms with E-state index in [1.165, 1.54) is 76.2 Å². The molecule has 0 saturated heterocycles. The highest BCUT2D eigenvalue weighted by Crippen LogP contribution is 2.21. The summed E-state index contributed by atoms with van der Waals surface area (Å²) in [4.78, 5) is 0. The average molecular weight is 224 g/mol. The van der Waals surface area contributed by atoms with Crippen molar-refractivity contribution in [2.45, 2.75) is 76.7 Å². The molecule has 1 unspecified atom stereocenters. The first-order valence-corrected chi connectivity index (χ1v) is 7.05. The van der Waals surface area contributed by atoms with Gasteiger partial charge in [0.25, 0.3) is 0 Å². The second-order valence-corrected chi connectivity index (χ2v) is 5.10. The number of hydrogen-bond acceptors (Lipinski definition) is 1. The van der Waals surface area contributed by atoms with Crippen LogP contribution in [0.3, 0.4) is 0 Å². The van der Waals surface area contributed by atoms with E-state index in [-0.39, 0.29) is 0 Å². The molecule has 1 rings (SSSR count). The van der Waals surface area contributed by atoms with Crippen LogP contribution in [0.5, 0.6) is 0 Å². The first-order chi connectivity index (χ1) is 7.84. The summed E-state index contributed by atoms with van der Waals surface area (Å²) in [7, 11) is 1.83. The topological polar surface area (TPSA) is 9.23 Å². The summed E-state index contributed by atoms with van der Waals surface area (Å²) in [6, 6.07) is 0. The van der Waals surface area contributed by atoms with E-state index >= 15 is 0 Å². The Morgan fingerprint density at radius 2 is 1.38 bits per heavy atom. The quantitative estimate of drug-likeness (QED) is 0.578. The van der Waals surface area contributed by atoms with E-state index in [2.05, 4.69) is 6.58 Å². The van der Waals surface area contributed by atoms with E-state index in [1.54, 1.807) is 0 Å². The lowest BCUT2D eigenvalue weighted by molar-refractivity contribution is 0.119. The third-order valence-corrected chi connectivity index (χ3v) is 3.70. The standard InChI is InChI=1S/C15H28O/c1-14-12-10-8-6-4-3-5-7-9-11-13-15(14)16-2/h15H,1,3-13H2,2H3. The maximum atomic E-state index is 5.54. The Labute approximate surface area is 101 Å². The van der Waals surface area contributed by atoms with E-state index < -0.39 is 0 Å².